The van der Waals surface area contributed by atoms with E-state index in [2.05, 4.69) is 31.3 Å². The number of ether oxygens (including phenoxy) is 2. The topological polar surface area (TPSA) is 30.5 Å². The Bertz CT molecular complexity index is 401. The van der Waals surface area contributed by atoms with Gasteiger partial charge in [-0.25, -0.2) is 0 Å². The molecule has 1 fully saturated rings. The predicted octanol–water partition coefficient (Wildman–Crippen LogP) is 2.09. The molecule has 1 unspecified atom stereocenters. The first kappa shape index (κ1) is 9.04. The van der Waals surface area contributed by atoms with Crippen LogP contribution in [0.1, 0.15) is 25.5 Å². The highest BCUT2D eigenvalue weighted by Crippen LogP contribution is 2.43. The molecule has 80 valence electrons. The highest BCUT2D eigenvalue weighted by molar-refractivity contribution is 5.46. The van der Waals surface area contributed by atoms with Gasteiger partial charge >= 0.3 is 0 Å². The minimum Gasteiger partial charge on any atom is -0.454 e. The second-order valence-corrected chi connectivity index (χ2v) is 4.92. The van der Waals surface area contributed by atoms with Gasteiger partial charge in [0.15, 0.2) is 11.5 Å². The largest absolute Gasteiger partial charge is 0.454 e. The van der Waals surface area contributed by atoms with Gasteiger partial charge in [0, 0.05) is 12.6 Å². The molecule has 0 radical (unpaired) electrons. The molecule has 0 bridgehead atoms. The third kappa shape index (κ3) is 1.30. The number of hydrogen-bond acceptors (Lipinski definition) is 3. The molecule has 0 spiro atoms. The SMILES string of the molecule is CC1(C)CNC1c1ccc2c(c1)OCO2. The van der Waals surface area contributed by atoms with Crippen LogP contribution in [0.4, 0.5) is 0 Å². The zero-order chi connectivity index (χ0) is 10.5. The van der Waals surface area contributed by atoms with E-state index in [0.29, 0.717) is 18.2 Å². The average Bonchev–Trinajstić information content (AvgIpc) is 2.63. The van der Waals surface area contributed by atoms with Gasteiger partial charge in [-0.05, 0) is 23.1 Å². The van der Waals surface area contributed by atoms with E-state index in [4.69, 9.17) is 9.47 Å². The van der Waals surface area contributed by atoms with Gasteiger partial charge in [0.2, 0.25) is 6.79 Å². The van der Waals surface area contributed by atoms with Crippen molar-refractivity contribution in [2.75, 3.05) is 13.3 Å². The van der Waals surface area contributed by atoms with Crippen molar-refractivity contribution in [1.29, 1.82) is 0 Å². The first-order chi connectivity index (χ1) is 7.17. The molecule has 0 aromatic heterocycles. The summed E-state index contributed by atoms with van der Waals surface area (Å²) in [5.41, 5.74) is 1.63. The van der Waals surface area contributed by atoms with Crippen LogP contribution in [-0.2, 0) is 0 Å². The summed E-state index contributed by atoms with van der Waals surface area (Å²) in [7, 11) is 0. The average molecular weight is 205 g/mol. The van der Waals surface area contributed by atoms with E-state index in [1.54, 1.807) is 0 Å². The number of hydrogen-bond donors (Lipinski definition) is 1. The van der Waals surface area contributed by atoms with Crippen molar-refractivity contribution in [1.82, 2.24) is 5.32 Å². The molecular weight excluding hydrogens is 190 g/mol. The number of fused-ring (bicyclic) bond motifs is 1. The van der Waals surface area contributed by atoms with Crippen LogP contribution in [-0.4, -0.2) is 13.3 Å². The van der Waals surface area contributed by atoms with E-state index in [1.165, 1.54) is 5.56 Å². The lowest BCUT2D eigenvalue weighted by molar-refractivity contribution is 0.128. The summed E-state index contributed by atoms with van der Waals surface area (Å²) in [5.74, 6) is 1.73. The zero-order valence-electron chi connectivity index (χ0n) is 9.04. The Morgan fingerprint density at radius 1 is 1.27 bits per heavy atom. The van der Waals surface area contributed by atoms with Gasteiger partial charge in [0.25, 0.3) is 0 Å². The van der Waals surface area contributed by atoms with E-state index in [-0.39, 0.29) is 0 Å². The van der Waals surface area contributed by atoms with Crippen LogP contribution < -0.4 is 14.8 Å². The molecule has 3 nitrogen and oxygen atoms in total. The van der Waals surface area contributed by atoms with Crippen LogP contribution >= 0.6 is 0 Å². The van der Waals surface area contributed by atoms with Crippen molar-refractivity contribution in [3.8, 4) is 11.5 Å². The van der Waals surface area contributed by atoms with Crippen molar-refractivity contribution in [2.24, 2.45) is 5.41 Å². The second kappa shape index (κ2) is 2.89. The predicted molar refractivity (Wildman–Crippen MR) is 57.1 cm³/mol. The highest BCUT2D eigenvalue weighted by Gasteiger charge is 2.39. The monoisotopic (exact) mass is 205 g/mol. The molecule has 1 saturated heterocycles. The zero-order valence-corrected chi connectivity index (χ0v) is 9.04. The maximum Gasteiger partial charge on any atom is 0.231 e. The molecule has 1 atom stereocenters. The van der Waals surface area contributed by atoms with Crippen LogP contribution in [0.15, 0.2) is 18.2 Å². The van der Waals surface area contributed by atoms with Crippen LogP contribution in [0.25, 0.3) is 0 Å². The Hall–Kier alpha value is -1.22. The molecule has 2 aliphatic rings. The Kier molecular flexibility index (Phi) is 1.74. The molecule has 1 aromatic carbocycles. The Morgan fingerprint density at radius 3 is 2.73 bits per heavy atom. The Balaban J connectivity index is 1.93. The second-order valence-electron chi connectivity index (χ2n) is 4.92. The van der Waals surface area contributed by atoms with Gasteiger partial charge in [0.05, 0.1) is 0 Å². The van der Waals surface area contributed by atoms with Gasteiger partial charge < -0.3 is 14.8 Å². The van der Waals surface area contributed by atoms with Crippen molar-refractivity contribution in [3.05, 3.63) is 23.8 Å². The standard InChI is InChI=1S/C12H15NO2/c1-12(2)6-13-11(12)8-3-4-9-10(5-8)15-7-14-9/h3-5,11,13H,6-7H2,1-2H3. The Labute approximate surface area is 89.4 Å². The van der Waals surface area contributed by atoms with Gasteiger partial charge in [-0.3, -0.25) is 0 Å². The molecule has 3 heteroatoms. The van der Waals surface area contributed by atoms with Crippen molar-refractivity contribution >= 4 is 0 Å². The van der Waals surface area contributed by atoms with E-state index >= 15 is 0 Å². The molecule has 2 heterocycles. The fourth-order valence-electron chi connectivity index (χ4n) is 2.27. The number of benzene rings is 1. The maximum atomic E-state index is 5.38. The minimum atomic E-state index is 0.341. The molecule has 1 aromatic rings. The molecule has 2 aliphatic heterocycles. The number of nitrogens with one attached hydrogen (secondary N) is 1. The normalized spacial score (nSPS) is 26.1. The lowest BCUT2D eigenvalue weighted by atomic mass is 9.74. The van der Waals surface area contributed by atoms with E-state index < -0.39 is 0 Å². The first-order valence-electron chi connectivity index (χ1n) is 5.30. The third-order valence-electron chi connectivity index (χ3n) is 3.27. The number of rotatable bonds is 1. The van der Waals surface area contributed by atoms with Crippen LogP contribution in [0.5, 0.6) is 11.5 Å². The smallest absolute Gasteiger partial charge is 0.231 e. The van der Waals surface area contributed by atoms with Gasteiger partial charge in [0.1, 0.15) is 0 Å². The minimum absolute atomic E-state index is 0.341. The van der Waals surface area contributed by atoms with Gasteiger partial charge in [-0.1, -0.05) is 19.9 Å². The summed E-state index contributed by atoms with van der Waals surface area (Å²) in [5, 5.41) is 3.45. The quantitative estimate of drug-likeness (QED) is 0.761. The fourth-order valence-corrected chi connectivity index (χ4v) is 2.27. The fraction of sp³-hybridized carbons (Fsp3) is 0.500. The molecule has 1 N–H and O–H groups in total. The van der Waals surface area contributed by atoms with Crippen molar-refractivity contribution < 1.29 is 9.47 Å². The lowest BCUT2D eigenvalue weighted by Crippen LogP contribution is -2.52. The molecular formula is C12H15NO2. The van der Waals surface area contributed by atoms with Crippen LogP contribution in [0.2, 0.25) is 0 Å². The van der Waals surface area contributed by atoms with Gasteiger partial charge in [-0.2, -0.15) is 0 Å². The lowest BCUT2D eigenvalue weighted by Gasteiger charge is -2.46. The Morgan fingerprint density at radius 2 is 2.07 bits per heavy atom. The van der Waals surface area contributed by atoms with Crippen molar-refractivity contribution in [2.45, 2.75) is 19.9 Å². The summed E-state index contributed by atoms with van der Waals surface area (Å²) >= 11 is 0. The van der Waals surface area contributed by atoms with Gasteiger partial charge in [-0.15, -0.1) is 0 Å². The first-order valence-corrected chi connectivity index (χ1v) is 5.30. The third-order valence-corrected chi connectivity index (χ3v) is 3.27. The molecule has 0 amide bonds. The molecule has 0 aliphatic carbocycles. The maximum absolute atomic E-state index is 5.38. The van der Waals surface area contributed by atoms with Crippen LogP contribution in [0, 0.1) is 5.41 Å². The van der Waals surface area contributed by atoms with Crippen molar-refractivity contribution in [3.63, 3.8) is 0 Å². The van der Waals surface area contributed by atoms with E-state index in [1.807, 2.05) is 6.07 Å². The van der Waals surface area contributed by atoms with Crippen LogP contribution in [0.3, 0.4) is 0 Å². The molecule has 15 heavy (non-hydrogen) atoms. The summed E-state index contributed by atoms with van der Waals surface area (Å²) < 4.78 is 10.7. The molecule has 0 saturated carbocycles. The van der Waals surface area contributed by atoms with E-state index in [0.717, 1.165) is 18.0 Å². The highest BCUT2D eigenvalue weighted by atomic mass is 16.7. The summed E-state index contributed by atoms with van der Waals surface area (Å²) in [6.07, 6.45) is 0. The summed E-state index contributed by atoms with van der Waals surface area (Å²) in [4.78, 5) is 0. The summed E-state index contributed by atoms with van der Waals surface area (Å²) in [6.45, 7) is 5.98. The molecule has 3 rings (SSSR count). The van der Waals surface area contributed by atoms with E-state index in [9.17, 15) is 0 Å². The summed E-state index contributed by atoms with van der Waals surface area (Å²) in [6, 6.07) is 6.63.